The molecule has 0 aliphatic carbocycles. The number of carbonyl (C=O) groups excluding carboxylic acids is 1. The molecule has 2 aromatic rings. The molecule has 1 amide bonds. The highest BCUT2D eigenvalue weighted by Gasteiger charge is 2.13. The van der Waals surface area contributed by atoms with Crippen LogP contribution in [0, 0.1) is 0 Å². The first kappa shape index (κ1) is 15.5. The highest BCUT2D eigenvalue weighted by Crippen LogP contribution is 2.23. The van der Waals surface area contributed by atoms with E-state index in [2.05, 4.69) is 31.5 Å². The lowest BCUT2D eigenvalue weighted by Gasteiger charge is -2.26. The Hall–Kier alpha value is -1.37. The van der Waals surface area contributed by atoms with Crippen LogP contribution in [0.15, 0.2) is 33.2 Å². The predicted octanol–water partition coefficient (Wildman–Crippen LogP) is 2.22. The summed E-state index contributed by atoms with van der Waals surface area (Å²) in [7, 11) is 0. The molecule has 1 aliphatic rings. The summed E-state index contributed by atoms with van der Waals surface area (Å²) in [6.07, 6.45) is 0.956. The molecule has 3 rings (SSSR count). The molecule has 1 fully saturated rings. The molecule has 1 saturated heterocycles. The average Bonchev–Trinajstić information content (AvgIpc) is 2.95. The minimum absolute atomic E-state index is 0.146. The monoisotopic (exact) mass is 365 g/mol. The van der Waals surface area contributed by atoms with Gasteiger partial charge >= 0.3 is 0 Å². The number of carbonyl (C=O) groups is 1. The standard InChI is InChI=1S/C16H20BrN3O2/c17-13-2-3-14-12(10-13)11-15(22-14)16(21)19-4-1-7-20-8-5-18-6-9-20/h2-3,10-11,18H,1,4-9H2,(H,19,21). The van der Waals surface area contributed by atoms with Crippen LogP contribution in [0.25, 0.3) is 11.0 Å². The van der Waals surface area contributed by atoms with Crippen LogP contribution in [-0.4, -0.2) is 50.1 Å². The quantitative estimate of drug-likeness (QED) is 0.797. The van der Waals surface area contributed by atoms with Crippen molar-refractivity contribution < 1.29 is 9.21 Å². The zero-order chi connectivity index (χ0) is 15.4. The molecule has 2 heterocycles. The second kappa shape index (κ2) is 7.26. The van der Waals surface area contributed by atoms with Crippen molar-refractivity contribution >= 4 is 32.8 Å². The van der Waals surface area contributed by atoms with Gasteiger partial charge in [-0.2, -0.15) is 0 Å². The summed E-state index contributed by atoms with van der Waals surface area (Å²) in [6.45, 7) is 5.99. The Labute approximate surface area is 138 Å². The van der Waals surface area contributed by atoms with Crippen molar-refractivity contribution in [3.8, 4) is 0 Å². The number of furan rings is 1. The van der Waals surface area contributed by atoms with E-state index < -0.39 is 0 Å². The third-order valence-electron chi connectivity index (χ3n) is 3.85. The van der Waals surface area contributed by atoms with Gasteiger partial charge in [0.2, 0.25) is 0 Å². The highest BCUT2D eigenvalue weighted by atomic mass is 79.9. The van der Waals surface area contributed by atoms with Crippen molar-refractivity contribution in [3.63, 3.8) is 0 Å². The molecule has 0 spiro atoms. The van der Waals surface area contributed by atoms with Crippen LogP contribution >= 0.6 is 15.9 Å². The van der Waals surface area contributed by atoms with Crippen molar-refractivity contribution in [3.05, 3.63) is 34.5 Å². The number of hydrogen-bond donors (Lipinski definition) is 2. The summed E-state index contributed by atoms with van der Waals surface area (Å²) in [6, 6.07) is 7.49. The summed E-state index contributed by atoms with van der Waals surface area (Å²) in [5, 5.41) is 7.19. The zero-order valence-electron chi connectivity index (χ0n) is 12.4. The normalized spacial score (nSPS) is 16.0. The minimum Gasteiger partial charge on any atom is -0.451 e. The van der Waals surface area contributed by atoms with Crippen LogP contribution in [0.2, 0.25) is 0 Å². The van der Waals surface area contributed by atoms with E-state index in [0.717, 1.165) is 54.6 Å². The van der Waals surface area contributed by atoms with E-state index in [0.29, 0.717) is 12.3 Å². The van der Waals surface area contributed by atoms with Gasteiger partial charge in [-0.05, 0) is 37.2 Å². The van der Waals surface area contributed by atoms with Crippen molar-refractivity contribution in [2.24, 2.45) is 0 Å². The number of nitrogens with one attached hydrogen (secondary N) is 2. The molecule has 0 radical (unpaired) electrons. The van der Waals surface area contributed by atoms with Crippen molar-refractivity contribution in [2.75, 3.05) is 39.3 Å². The maximum absolute atomic E-state index is 12.1. The Bertz CT molecular complexity index is 650. The lowest BCUT2D eigenvalue weighted by molar-refractivity contribution is 0.0926. The Balaban J connectivity index is 1.48. The number of piperazine rings is 1. The molecule has 6 heteroatoms. The van der Waals surface area contributed by atoms with E-state index in [1.165, 1.54) is 0 Å². The number of amides is 1. The highest BCUT2D eigenvalue weighted by molar-refractivity contribution is 9.10. The van der Waals surface area contributed by atoms with Crippen molar-refractivity contribution in [2.45, 2.75) is 6.42 Å². The molecule has 2 N–H and O–H groups in total. The first-order valence-corrected chi connectivity index (χ1v) is 8.42. The van der Waals surface area contributed by atoms with E-state index in [1.807, 2.05) is 18.2 Å². The van der Waals surface area contributed by atoms with Gasteiger partial charge in [-0.25, -0.2) is 0 Å². The predicted molar refractivity (Wildman–Crippen MR) is 90.2 cm³/mol. The SMILES string of the molecule is O=C(NCCCN1CCNCC1)c1cc2cc(Br)ccc2o1. The topological polar surface area (TPSA) is 57.5 Å². The maximum atomic E-state index is 12.1. The molecule has 1 aromatic carbocycles. The molecular weight excluding hydrogens is 346 g/mol. The molecule has 5 nitrogen and oxygen atoms in total. The van der Waals surface area contributed by atoms with Gasteiger partial charge in [-0.15, -0.1) is 0 Å². The van der Waals surface area contributed by atoms with Crippen LogP contribution in [0.4, 0.5) is 0 Å². The number of hydrogen-bond acceptors (Lipinski definition) is 4. The Morgan fingerprint density at radius 1 is 1.32 bits per heavy atom. The van der Waals surface area contributed by atoms with E-state index in [1.54, 1.807) is 6.07 Å². The number of fused-ring (bicyclic) bond motifs is 1. The van der Waals surface area contributed by atoms with Crippen LogP contribution in [-0.2, 0) is 0 Å². The van der Waals surface area contributed by atoms with E-state index >= 15 is 0 Å². The number of halogens is 1. The summed E-state index contributed by atoms with van der Waals surface area (Å²) >= 11 is 3.42. The van der Waals surface area contributed by atoms with Crippen LogP contribution in [0.1, 0.15) is 17.0 Å². The fourth-order valence-corrected chi connectivity index (χ4v) is 3.03. The second-order valence-corrected chi connectivity index (χ2v) is 6.41. The first-order valence-electron chi connectivity index (χ1n) is 7.63. The van der Waals surface area contributed by atoms with E-state index in [-0.39, 0.29) is 5.91 Å². The summed E-state index contributed by atoms with van der Waals surface area (Å²) in [5.74, 6) is 0.225. The van der Waals surface area contributed by atoms with Gasteiger partial charge in [0.1, 0.15) is 5.58 Å². The summed E-state index contributed by atoms with van der Waals surface area (Å²) < 4.78 is 6.56. The molecule has 0 saturated carbocycles. The van der Waals surface area contributed by atoms with Crippen molar-refractivity contribution in [1.82, 2.24) is 15.5 Å². The lowest BCUT2D eigenvalue weighted by Crippen LogP contribution is -2.44. The molecule has 118 valence electrons. The molecule has 1 aromatic heterocycles. The van der Waals surface area contributed by atoms with Crippen LogP contribution < -0.4 is 10.6 Å². The fourth-order valence-electron chi connectivity index (χ4n) is 2.65. The Morgan fingerprint density at radius 2 is 2.14 bits per heavy atom. The Morgan fingerprint density at radius 3 is 2.95 bits per heavy atom. The van der Waals surface area contributed by atoms with Crippen molar-refractivity contribution in [1.29, 1.82) is 0 Å². The maximum Gasteiger partial charge on any atom is 0.287 e. The lowest BCUT2D eigenvalue weighted by atomic mass is 10.2. The number of nitrogens with zero attached hydrogens (tertiary/aromatic N) is 1. The van der Waals surface area contributed by atoms with E-state index in [4.69, 9.17) is 4.42 Å². The van der Waals surface area contributed by atoms with Gasteiger partial charge in [0.15, 0.2) is 5.76 Å². The Kier molecular flexibility index (Phi) is 5.12. The third-order valence-corrected chi connectivity index (χ3v) is 4.34. The second-order valence-electron chi connectivity index (χ2n) is 5.49. The molecular formula is C16H20BrN3O2. The van der Waals surface area contributed by atoms with Gasteiger partial charge in [-0.1, -0.05) is 15.9 Å². The smallest absolute Gasteiger partial charge is 0.287 e. The molecule has 22 heavy (non-hydrogen) atoms. The van der Waals surface area contributed by atoms with Crippen LogP contribution in [0.5, 0.6) is 0 Å². The van der Waals surface area contributed by atoms with Gasteiger partial charge < -0.3 is 20.0 Å². The van der Waals surface area contributed by atoms with Gasteiger partial charge in [0, 0.05) is 42.6 Å². The fraction of sp³-hybridized carbons (Fsp3) is 0.438. The molecule has 0 unspecified atom stereocenters. The summed E-state index contributed by atoms with van der Waals surface area (Å²) in [4.78, 5) is 14.5. The largest absolute Gasteiger partial charge is 0.451 e. The summed E-state index contributed by atoms with van der Waals surface area (Å²) in [5.41, 5.74) is 0.731. The molecule has 0 atom stereocenters. The zero-order valence-corrected chi connectivity index (χ0v) is 14.0. The first-order chi connectivity index (χ1) is 10.7. The molecule has 1 aliphatic heterocycles. The van der Waals surface area contributed by atoms with Gasteiger partial charge in [-0.3, -0.25) is 4.79 Å². The van der Waals surface area contributed by atoms with E-state index in [9.17, 15) is 4.79 Å². The molecule has 0 bridgehead atoms. The van der Waals surface area contributed by atoms with Gasteiger partial charge in [0.25, 0.3) is 5.91 Å². The minimum atomic E-state index is -0.146. The average molecular weight is 366 g/mol. The number of rotatable bonds is 5. The third kappa shape index (κ3) is 3.88. The van der Waals surface area contributed by atoms with Crippen LogP contribution in [0.3, 0.4) is 0 Å². The van der Waals surface area contributed by atoms with Gasteiger partial charge in [0.05, 0.1) is 0 Å². The number of benzene rings is 1.